The van der Waals surface area contributed by atoms with Crippen LogP contribution in [-0.4, -0.2) is 15.2 Å². The van der Waals surface area contributed by atoms with Crippen LogP contribution < -0.4 is 10.6 Å². The van der Waals surface area contributed by atoms with Gasteiger partial charge in [-0.15, -0.1) is 5.10 Å². The summed E-state index contributed by atoms with van der Waals surface area (Å²) < 4.78 is 0. The Morgan fingerprint density at radius 3 is 2.67 bits per heavy atom. The van der Waals surface area contributed by atoms with Crippen LogP contribution in [0.25, 0.3) is 0 Å². The third-order valence-corrected chi connectivity index (χ3v) is 3.95. The maximum atomic E-state index is 5.98. The quantitative estimate of drug-likeness (QED) is 0.716. The molecule has 0 radical (unpaired) electrons. The van der Waals surface area contributed by atoms with E-state index < -0.39 is 0 Å². The predicted octanol–water partition coefficient (Wildman–Crippen LogP) is 4.50. The summed E-state index contributed by atoms with van der Waals surface area (Å²) >= 11 is 5.98. The Morgan fingerprint density at radius 2 is 1.88 bits per heavy atom. The summed E-state index contributed by atoms with van der Waals surface area (Å²) in [5.41, 5.74) is 4.38. The van der Waals surface area contributed by atoms with Gasteiger partial charge in [0.1, 0.15) is 0 Å². The summed E-state index contributed by atoms with van der Waals surface area (Å²) in [6.07, 6.45) is 1.61. The van der Waals surface area contributed by atoms with Gasteiger partial charge in [0.2, 0.25) is 5.95 Å². The molecule has 122 valence electrons. The highest BCUT2D eigenvalue weighted by molar-refractivity contribution is 6.30. The summed E-state index contributed by atoms with van der Waals surface area (Å²) in [5.74, 6) is 1.11. The third kappa shape index (κ3) is 4.00. The molecule has 6 heteroatoms. The van der Waals surface area contributed by atoms with Crippen LogP contribution in [-0.2, 0) is 6.54 Å². The fraction of sp³-hybridized carbons (Fsp3) is 0.167. The van der Waals surface area contributed by atoms with E-state index in [4.69, 9.17) is 11.6 Å². The monoisotopic (exact) mass is 339 g/mol. The second kappa shape index (κ2) is 7.27. The van der Waals surface area contributed by atoms with E-state index in [1.807, 2.05) is 37.3 Å². The van der Waals surface area contributed by atoms with Crippen molar-refractivity contribution in [1.82, 2.24) is 15.2 Å². The largest absolute Gasteiger partial charge is 0.365 e. The van der Waals surface area contributed by atoms with Crippen molar-refractivity contribution in [1.29, 1.82) is 0 Å². The van der Waals surface area contributed by atoms with Crippen molar-refractivity contribution in [2.24, 2.45) is 0 Å². The van der Waals surface area contributed by atoms with Crippen molar-refractivity contribution < 1.29 is 0 Å². The molecule has 0 spiro atoms. The van der Waals surface area contributed by atoms with Gasteiger partial charge in [-0.2, -0.15) is 10.1 Å². The van der Waals surface area contributed by atoms with Crippen LogP contribution >= 0.6 is 11.6 Å². The first-order valence-electron chi connectivity index (χ1n) is 7.63. The minimum atomic E-state index is 0.440. The van der Waals surface area contributed by atoms with E-state index in [0.29, 0.717) is 23.3 Å². The van der Waals surface area contributed by atoms with Crippen LogP contribution in [0.15, 0.2) is 48.7 Å². The molecule has 1 heterocycles. The number of benzene rings is 2. The molecule has 0 aliphatic carbocycles. The number of aryl methyl sites for hydroxylation is 2. The Balaban J connectivity index is 1.71. The number of hydrogen-bond donors (Lipinski definition) is 2. The van der Waals surface area contributed by atoms with Crippen LogP contribution in [0.4, 0.5) is 17.5 Å². The Kier molecular flexibility index (Phi) is 4.91. The van der Waals surface area contributed by atoms with E-state index in [1.165, 1.54) is 11.1 Å². The molecule has 2 N–H and O–H groups in total. The molecule has 5 nitrogen and oxygen atoms in total. The molecule has 3 rings (SSSR count). The van der Waals surface area contributed by atoms with Gasteiger partial charge in [-0.05, 0) is 48.7 Å². The van der Waals surface area contributed by atoms with Crippen molar-refractivity contribution in [2.45, 2.75) is 20.4 Å². The molecule has 3 aromatic rings. The molecule has 0 bridgehead atoms. The van der Waals surface area contributed by atoms with E-state index in [2.05, 4.69) is 44.9 Å². The van der Waals surface area contributed by atoms with Crippen molar-refractivity contribution in [2.75, 3.05) is 10.6 Å². The normalized spacial score (nSPS) is 10.5. The van der Waals surface area contributed by atoms with Gasteiger partial charge < -0.3 is 10.6 Å². The Hall–Kier alpha value is -2.66. The first-order chi connectivity index (χ1) is 11.6. The number of halogens is 1. The molecule has 0 saturated carbocycles. The molecule has 0 aliphatic rings. The Labute approximate surface area is 146 Å². The van der Waals surface area contributed by atoms with E-state index in [-0.39, 0.29) is 0 Å². The fourth-order valence-corrected chi connectivity index (χ4v) is 2.55. The molecular weight excluding hydrogens is 322 g/mol. The van der Waals surface area contributed by atoms with E-state index >= 15 is 0 Å². The van der Waals surface area contributed by atoms with Gasteiger partial charge in [0.25, 0.3) is 0 Å². The van der Waals surface area contributed by atoms with Gasteiger partial charge in [0, 0.05) is 17.3 Å². The molecule has 0 aliphatic heterocycles. The number of nitrogens with one attached hydrogen (secondary N) is 2. The average molecular weight is 340 g/mol. The molecule has 2 aromatic carbocycles. The minimum absolute atomic E-state index is 0.440. The van der Waals surface area contributed by atoms with E-state index in [1.54, 1.807) is 6.20 Å². The van der Waals surface area contributed by atoms with Gasteiger partial charge >= 0.3 is 0 Å². The first-order valence-corrected chi connectivity index (χ1v) is 8.01. The number of aromatic nitrogens is 3. The van der Waals surface area contributed by atoms with Crippen LogP contribution in [0, 0.1) is 13.8 Å². The Bertz CT molecular complexity index is 850. The molecule has 0 unspecified atom stereocenters. The van der Waals surface area contributed by atoms with E-state index in [0.717, 1.165) is 11.3 Å². The summed E-state index contributed by atoms with van der Waals surface area (Å²) in [7, 11) is 0. The van der Waals surface area contributed by atoms with Crippen LogP contribution in [0.1, 0.15) is 16.7 Å². The molecule has 0 saturated heterocycles. The zero-order chi connectivity index (χ0) is 16.9. The maximum Gasteiger partial charge on any atom is 0.249 e. The first kappa shape index (κ1) is 16.2. The summed E-state index contributed by atoms with van der Waals surface area (Å²) in [6, 6.07) is 13.8. The minimum Gasteiger partial charge on any atom is -0.365 e. The number of nitrogens with zero attached hydrogens (tertiary/aromatic N) is 3. The van der Waals surface area contributed by atoms with Crippen molar-refractivity contribution in [3.05, 3.63) is 70.4 Å². The maximum absolute atomic E-state index is 5.98. The summed E-state index contributed by atoms with van der Waals surface area (Å²) in [5, 5.41) is 15.2. The van der Waals surface area contributed by atoms with E-state index in [9.17, 15) is 0 Å². The molecular formula is C18H18ClN5. The fourth-order valence-electron chi connectivity index (χ4n) is 2.32. The summed E-state index contributed by atoms with van der Waals surface area (Å²) in [4.78, 5) is 4.45. The zero-order valence-electron chi connectivity index (χ0n) is 13.5. The van der Waals surface area contributed by atoms with Gasteiger partial charge in [-0.3, -0.25) is 0 Å². The predicted molar refractivity (Wildman–Crippen MR) is 97.8 cm³/mol. The lowest BCUT2D eigenvalue weighted by molar-refractivity contribution is 0.963. The second-order valence-electron chi connectivity index (χ2n) is 5.53. The highest BCUT2D eigenvalue weighted by Gasteiger charge is 2.05. The standard InChI is InChI=1S/C18H18ClN5/c1-12-5-3-4-6-14(12)10-20-17-11-21-24-18(23-17)22-16-8-7-15(19)9-13(16)2/h3-9,11H,10H2,1-2H3,(H2,20,22,23,24). The lowest BCUT2D eigenvalue weighted by Crippen LogP contribution is -2.06. The molecule has 0 atom stereocenters. The molecule has 24 heavy (non-hydrogen) atoms. The van der Waals surface area contributed by atoms with Gasteiger partial charge in [0.05, 0.1) is 6.20 Å². The topological polar surface area (TPSA) is 62.7 Å². The molecule has 1 aromatic heterocycles. The SMILES string of the molecule is Cc1ccccc1CNc1cnnc(Nc2ccc(Cl)cc2C)n1. The zero-order valence-corrected chi connectivity index (χ0v) is 14.3. The van der Waals surface area contributed by atoms with Crippen LogP contribution in [0.2, 0.25) is 5.02 Å². The van der Waals surface area contributed by atoms with Crippen molar-refractivity contribution in [3.8, 4) is 0 Å². The van der Waals surface area contributed by atoms with Gasteiger partial charge in [0.15, 0.2) is 5.82 Å². The number of rotatable bonds is 5. The number of hydrogen-bond acceptors (Lipinski definition) is 5. The molecule has 0 fully saturated rings. The lowest BCUT2D eigenvalue weighted by Gasteiger charge is -2.10. The molecule has 0 amide bonds. The third-order valence-electron chi connectivity index (χ3n) is 3.71. The van der Waals surface area contributed by atoms with Crippen LogP contribution in [0.5, 0.6) is 0 Å². The van der Waals surface area contributed by atoms with Crippen molar-refractivity contribution >= 4 is 29.1 Å². The van der Waals surface area contributed by atoms with Crippen LogP contribution in [0.3, 0.4) is 0 Å². The van der Waals surface area contributed by atoms with Gasteiger partial charge in [-0.25, -0.2) is 0 Å². The smallest absolute Gasteiger partial charge is 0.249 e. The highest BCUT2D eigenvalue weighted by Crippen LogP contribution is 2.22. The second-order valence-corrected chi connectivity index (χ2v) is 5.97. The lowest BCUT2D eigenvalue weighted by atomic mass is 10.1. The highest BCUT2D eigenvalue weighted by atomic mass is 35.5. The van der Waals surface area contributed by atoms with Gasteiger partial charge in [-0.1, -0.05) is 35.9 Å². The Morgan fingerprint density at radius 1 is 1.04 bits per heavy atom. The number of anilines is 3. The average Bonchev–Trinajstić information content (AvgIpc) is 2.57. The summed E-state index contributed by atoms with van der Waals surface area (Å²) in [6.45, 7) is 4.75. The van der Waals surface area contributed by atoms with Crippen molar-refractivity contribution in [3.63, 3.8) is 0 Å².